The number of hydrogen-bond donors (Lipinski definition) is 1. The fraction of sp³-hybridized carbons (Fsp3) is 0.150. The molecular formula is C20H17BrN2O3. The molecule has 0 bridgehead atoms. The first-order valence-corrected chi connectivity index (χ1v) is 8.84. The Labute approximate surface area is 159 Å². The number of esters is 1. The van der Waals surface area contributed by atoms with Gasteiger partial charge in [-0.1, -0.05) is 52.3 Å². The van der Waals surface area contributed by atoms with Crippen molar-refractivity contribution in [1.29, 1.82) is 0 Å². The van der Waals surface area contributed by atoms with Gasteiger partial charge in [0.05, 0.1) is 7.11 Å². The Balaban J connectivity index is 1.79. The molecular weight excluding hydrogens is 396 g/mol. The van der Waals surface area contributed by atoms with Crippen LogP contribution in [0.5, 0.6) is 0 Å². The monoisotopic (exact) mass is 412 g/mol. The average Bonchev–Trinajstić information content (AvgIpc) is 2.68. The first-order chi connectivity index (χ1) is 12.6. The number of nitrogens with one attached hydrogen (secondary N) is 1. The highest BCUT2D eigenvalue weighted by Gasteiger charge is 2.23. The molecule has 0 spiro atoms. The Morgan fingerprint density at radius 2 is 1.81 bits per heavy atom. The minimum atomic E-state index is -0.790. The number of methoxy groups -OCH3 is 1. The summed E-state index contributed by atoms with van der Waals surface area (Å²) < 4.78 is 5.78. The van der Waals surface area contributed by atoms with Crippen molar-refractivity contribution in [1.82, 2.24) is 10.3 Å². The molecule has 5 nitrogen and oxygen atoms in total. The molecule has 0 aliphatic rings. The summed E-state index contributed by atoms with van der Waals surface area (Å²) in [7, 11) is 1.30. The number of pyridine rings is 1. The zero-order valence-corrected chi connectivity index (χ0v) is 15.7. The number of fused-ring (bicyclic) bond motifs is 1. The van der Waals surface area contributed by atoms with Gasteiger partial charge in [0.15, 0.2) is 0 Å². The highest BCUT2D eigenvalue weighted by atomic mass is 79.9. The van der Waals surface area contributed by atoms with Crippen LogP contribution in [0.15, 0.2) is 65.3 Å². The van der Waals surface area contributed by atoms with Crippen molar-refractivity contribution < 1.29 is 14.3 Å². The highest BCUT2D eigenvalue weighted by Crippen LogP contribution is 2.15. The van der Waals surface area contributed by atoms with E-state index in [1.54, 1.807) is 12.3 Å². The SMILES string of the molecule is COC(=O)[C@H](Cc1ccc(Br)cc1)NC(=O)c1cc2ccccc2cn1. The lowest BCUT2D eigenvalue weighted by molar-refractivity contribution is -0.142. The Hall–Kier alpha value is -2.73. The van der Waals surface area contributed by atoms with Crippen molar-refractivity contribution in [3.05, 3.63) is 76.5 Å². The second-order valence-electron chi connectivity index (χ2n) is 5.80. The van der Waals surface area contributed by atoms with Crippen LogP contribution in [0.25, 0.3) is 10.8 Å². The maximum Gasteiger partial charge on any atom is 0.328 e. The molecule has 1 amide bonds. The lowest BCUT2D eigenvalue weighted by Crippen LogP contribution is -2.43. The van der Waals surface area contributed by atoms with E-state index >= 15 is 0 Å². The van der Waals surface area contributed by atoms with Crippen molar-refractivity contribution >= 4 is 38.6 Å². The van der Waals surface area contributed by atoms with Crippen LogP contribution < -0.4 is 5.32 Å². The van der Waals surface area contributed by atoms with Gasteiger partial charge in [0.2, 0.25) is 0 Å². The van der Waals surface area contributed by atoms with Crippen molar-refractivity contribution in [2.24, 2.45) is 0 Å². The molecule has 0 radical (unpaired) electrons. The van der Waals surface area contributed by atoms with E-state index < -0.39 is 17.9 Å². The summed E-state index contributed by atoms with van der Waals surface area (Å²) >= 11 is 3.38. The first-order valence-electron chi connectivity index (χ1n) is 8.05. The number of aromatic nitrogens is 1. The molecule has 0 aliphatic carbocycles. The molecule has 2 aromatic carbocycles. The molecule has 0 saturated carbocycles. The van der Waals surface area contributed by atoms with Gasteiger partial charge in [0, 0.05) is 22.5 Å². The fourth-order valence-electron chi connectivity index (χ4n) is 2.63. The van der Waals surface area contributed by atoms with E-state index in [-0.39, 0.29) is 5.69 Å². The lowest BCUT2D eigenvalue weighted by Gasteiger charge is -2.16. The third-order valence-electron chi connectivity index (χ3n) is 4.01. The van der Waals surface area contributed by atoms with Crippen molar-refractivity contribution in [3.63, 3.8) is 0 Å². The van der Waals surface area contributed by atoms with Crippen LogP contribution in [0.4, 0.5) is 0 Å². The van der Waals surface area contributed by atoms with Crippen LogP contribution in [0.2, 0.25) is 0 Å². The molecule has 0 aliphatic heterocycles. The topological polar surface area (TPSA) is 68.3 Å². The normalized spacial score (nSPS) is 11.8. The summed E-state index contributed by atoms with van der Waals surface area (Å²) in [6.07, 6.45) is 1.98. The molecule has 1 heterocycles. The van der Waals surface area contributed by atoms with Gasteiger partial charge < -0.3 is 10.1 Å². The van der Waals surface area contributed by atoms with Gasteiger partial charge in [0.1, 0.15) is 11.7 Å². The molecule has 1 N–H and O–H groups in total. The number of hydrogen-bond acceptors (Lipinski definition) is 4. The van der Waals surface area contributed by atoms with Gasteiger partial charge in [0.25, 0.3) is 5.91 Å². The Bertz CT molecular complexity index is 941. The molecule has 0 unspecified atom stereocenters. The van der Waals surface area contributed by atoms with Gasteiger partial charge in [-0.05, 0) is 29.1 Å². The zero-order valence-electron chi connectivity index (χ0n) is 14.1. The van der Waals surface area contributed by atoms with Crippen LogP contribution >= 0.6 is 15.9 Å². The van der Waals surface area contributed by atoms with Gasteiger partial charge in [-0.3, -0.25) is 9.78 Å². The Morgan fingerprint density at radius 1 is 1.12 bits per heavy atom. The number of rotatable bonds is 5. The number of carbonyl (C=O) groups is 2. The highest BCUT2D eigenvalue weighted by molar-refractivity contribution is 9.10. The molecule has 1 aromatic heterocycles. The minimum absolute atomic E-state index is 0.258. The molecule has 132 valence electrons. The Kier molecular flexibility index (Phi) is 5.63. The van der Waals surface area contributed by atoms with Gasteiger partial charge in [-0.25, -0.2) is 4.79 Å². The quantitative estimate of drug-likeness (QED) is 0.651. The summed E-state index contributed by atoms with van der Waals surface area (Å²) in [6, 6.07) is 16.1. The van der Waals surface area contributed by atoms with E-state index in [4.69, 9.17) is 4.74 Å². The second-order valence-corrected chi connectivity index (χ2v) is 6.71. The standard InChI is InChI=1S/C20H17BrN2O3/c1-26-20(25)18(10-13-6-8-16(21)9-7-13)23-19(24)17-11-14-4-2-3-5-15(14)12-22-17/h2-9,11-12,18H,10H2,1H3,(H,23,24)/t18-/m0/s1. The van der Waals surface area contributed by atoms with E-state index in [0.29, 0.717) is 6.42 Å². The summed E-state index contributed by atoms with van der Waals surface area (Å²) in [5.41, 5.74) is 1.17. The predicted octanol–water partition coefficient (Wildman–Crippen LogP) is 3.51. The molecule has 26 heavy (non-hydrogen) atoms. The van der Waals surface area contributed by atoms with E-state index in [2.05, 4.69) is 26.2 Å². The minimum Gasteiger partial charge on any atom is -0.467 e. The van der Waals surface area contributed by atoms with E-state index in [1.165, 1.54) is 7.11 Å². The van der Waals surface area contributed by atoms with E-state index in [9.17, 15) is 9.59 Å². The Morgan fingerprint density at radius 3 is 2.50 bits per heavy atom. The zero-order chi connectivity index (χ0) is 18.5. The number of halogens is 1. The second kappa shape index (κ2) is 8.10. The van der Waals surface area contributed by atoms with Crippen LogP contribution in [0.3, 0.4) is 0 Å². The van der Waals surface area contributed by atoms with Crippen LogP contribution in [-0.4, -0.2) is 30.0 Å². The van der Waals surface area contributed by atoms with Crippen molar-refractivity contribution in [2.75, 3.05) is 7.11 Å². The number of carbonyl (C=O) groups excluding carboxylic acids is 2. The summed E-state index contributed by atoms with van der Waals surface area (Å²) in [4.78, 5) is 28.9. The first kappa shape index (κ1) is 18.1. The molecule has 6 heteroatoms. The molecule has 3 aromatic rings. The summed E-state index contributed by atoms with van der Waals surface area (Å²) in [5.74, 6) is -0.912. The third-order valence-corrected chi connectivity index (χ3v) is 4.54. The van der Waals surface area contributed by atoms with Crippen LogP contribution in [0, 0.1) is 0 Å². The number of amides is 1. The summed E-state index contributed by atoms with van der Waals surface area (Å²) in [6.45, 7) is 0. The van der Waals surface area contributed by atoms with Crippen molar-refractivity contribution in [3.8, 4) is 0 Å². The summed E-state index contributed by atoms with van der Waals surface area (Å²) in [5, 5.41) is 4.58. The number of ether oxygens (including phenoxy) is 1. The van der Waals surface area contributed by atoms with Crippen LogP contribution in [-0.2, 0) is 16.0 Å². The lowest BCUT2D eigenvalue weighted by atomic mass is 10.1. The third kappa shape index (κ3) is 4.26. The fourth-order valence-corrected chi connectivity index (χ4v) is 2.90. The number of benzene rings is 2. The van der Waals surface area contributed by atoms with Crippen molar-refractivity contribution in [2.45, 2.75) is 12.5 Å². The van der Waals surface area contributed by atoms with E-state index in [0.717, 1.165) is 20.8 Å². The van der Waals surface area contributed by atoms with Gasteiger partial charge in [-0.15, -0.1) is 0 Å². The molecule has 3 rings (SSSR count). The van der Waals surface area contributed by atoms with E-state index in [1.807, 2.05) is 48.5 Å². The maximum atomic E-state index is 12.6. The smallest absolute Gasteiger partial charge is 0.328 e. The number of nitrogens with zero attached hydrogens (tertiary/aromatic N) is 1. The molecule has 1 atom stereocenters. The largest absolute Gasteiger partial charge is 0.467 e. The maximum absolute atomic E-state index is 12.6. The molecule has 0 saturated heterocycles. The van der Waals surface area contributed by atoms with Gasteiger partial charge in [-0.2, -0.15) is 0 Å². The predicted molar refractivity (Wildman–Crippen MR) is 103 cm³/mol. The van der Waals surface area contributed by atoms with Gasteiger partial charge >= 0.3 is 5.97 Å². The average molecular weight is 413 g/mol. The molecule has 0 fully saturated rings. The van der Waals surface area contributed by atoms with Crippen LogP contribution in [0.1, 0.15) is 16.1 Å².